The molecule has 0 radical (unpaired) electrons. The molecule has 0 spiro atoms. The van der Waals surface area contributed by atoms with Gasteiger partial charge in [-0.25, -0.2) is 0 Å². The maximum absolute atomic E-state index is 3.52. The highest BCUT2D eigenvalue weighted by Crippen LogP contribution is 2.21. The molecule has 0 saturated heterocycles. The Morgan fingerprint density at radius 1 is 1.06 bits per heavy atom. The first-order chi connectivity index (χ1) is 7.95. The molecule has 0 heterocycles. The van der Waals surface area contributed by atoms with Crippen molar-refractivity contribution in [2.24, 2.45) is 5.92 Å². The fourth-order valence-electron chi connectivity index (χ4n) is 2.55. The van der Waals surface area contributed by atoms with Crippen LogP contribution in [-0.2, 0) is 6.42 Å². The van der Waals surface area contributed by atoms with Crippen molar-refractivity contribution in [2.45, 2.75) is 54.0 Å². The molecular weight excluding hydrogens is 206 g/mol. The maximum Gasteiger partial charge on any atom is 0.00674 e. The van der Waals surface area contributed by atoms with Gasteiger partial charge in [-0.3, -0.25) is 0 Å². The van der Waals surface area contributed by atoms with Gasteiger partial charge in [-0.2, -0.15) is 0 Å². The third-order valence-electron chi connectivity index (χ3n) is 3.75. The van der Waals surface area contributed by atoms with Gasteiger partial charge in [0.05, 0.1) is 0 Å². The van der Waals surface area contributed by atoms with Gasteiger partial charge in [0, 0.05) is 6.04 Å². The predicted octanol–water partition coefficient (Wildman–Crippen LogP) is 3.79. The van der Waals surface area contributed by atoms with E-state index in [0.29, 0.717) is 12.0 Å². The summed E-state index contributed by atoms with van der Waals surface area (Å²) in [5.41, 5.74) is 5.79. The second-order valence-corrected chi connectivity index (χ2v) is 5.41. The van der Waals surface area contributed by atoms with Crippen molar-refractivity contribution >= 4 is 0 Å². The molecule has 1 heteroatoms. The smallest absolute Gasteiger partial charge is 0.00674 e. The van der Waals surface area contributed by atoms with E-state index in [1.54, 1.807) is 0 Å². The second kappa shape index (κ2) is 6.20. The van der Waals surface area contributed by atoms with Gasteiger partial charge in [-0.15, -0.1) is 0 Å². The first kappa shape index (κ1) is 14.2. The molecule has 0 aromatic heterocycles. The van der Waals surface area contributed by atoms with Gasteiger partial charge in [0.25, 0.3) is 0 Å². The number of hydrogen-bond acceptors (Lipinski definition) is 1. The van der Waals surface area contributed by atoms with Crippen molar-refractivity contribution in [1.82, 2.24) is 5.32 Å². The lowest BCUT2D eigenvalue weighted by atomic mass is 9.89. The van der Waals surface area contributed by atoms with Crippen molar-refractivity contribution in [2.75, 3.05) is 6.54 Å². The molecule has 0 aliphatic carbocycles. The molecule has 1 aromatic carbocycles. The summed E-state index contributed by atoms with van der Waals surface area (Å²) in [4.78, 5) is 0. The summed E-state index contributed by atoms with van der Waals surface area (Å²) < 4.78 is 0. The molecule has 1 nitrogen and oxygen atoms in total. The minimum Gasteiger partial charge on any atom is -0.314 e. The molecular formula is C16H27N. The van der Waals surface area contributed by atoms with E-state index in [2.05, 4.69) is 59.0 Å². The van der Waals surface area contributed by atoms with E-state index < -0.39 is 0 Å². The van der Waals surface area contributed by atoms with Crippen molar-refractivity contribution in [3.63, 3.8) is 0 Å². The Kier molecular flexibility index (Phi) is 5.20. The van der Waals surface area contributed by atoms with Crippen molar-refractivity contribution in [1.29, 1.82) is 0 Å². The number of aryl methyl sites for hydroxylation is 3. The summed E-state index contributed by atoms with van der Waals surface area (Å²) in [5, 5.41) is 3.52. The predicted molar refractivity (Wildman–Crippen MR) is 76.7 cm³/mol. The molecule has 1 aromatic rings. The highest BCUT2D eigenvalue weighted by Gasteiger charge is 2.14. The highest BCUT2D eigenvalue weighted by atomic mass is 14.9. The van der Waals surface area contributed by atoms with E-state index in [9.17, 15) is 0 Å². The minimum atomic E-state index is 0.583. The van der Waals surface area contributed by atoms with Crippen LogP contribution in [-0.4, -0.2) is 12.6 Å². The average molecular weight is 233 g/mol. The number of hydrogen-bond donors (Lipinski definition) is 1. The largest absolute Gasteiger partial charge is 0.314 e. The van der Waals surface area contributed by atoms with Gasteiger partial charge in [0.15, 0.2) is 0 Å². The van der Waals surface area contributed by atoms with Crippen LogP contribution in [0.4, 0.5) is 0 Å². The zero-order chi connectivity index (χ0) is 13.0. The molecule has 0 aliphatic heterocycles. The summed E-state index contributed by atoms with van der Waals surface area (Å²) in [7, 11) is 0. The van der Waals surface area contributed by atoms with E-state index >= 15 is 0 Å². The molecule has 2 unspecified atom stereocenters. The van der Waals surface area contributed by atoms with E-state index in [0.717, 1.165) is 6.54 Å². The molecule has 17 heavy (non-hydrogen) atoms. The van der Waals surface area contributed by atoms with Gasteiger partial charge in [0.1, 0.15) is 0 Å². The van der Waals surface area contributed by atoms with Crippen molar-refractivity contribution < 1.29 is 0 Å². The minimum absolute atomic E-state index is 0.583. The molecule has 1 rings (SSSR count). The van der Waals surface area contributed by atoms with Gasteiger partial charge in [-0.05, 0) is 63.3 Å². The third kappa shape index (κ3) is 3.85. The van der Waals surface area contributed by atoms with Crippen LogP contribution in [0.1, 0.15) is 43.0 Å². The lowest BCUT2D eigenvalue weighted by molar-refractivity contribution is 0.405. The Morgan fingerprint density at radius 2 is 1.59 bits per heavy atom. The summed E-state index contributed by atoms with van der Waals surface area (Å²) in [6, 6.07) is 5.18. The van der Waals surface area contributed by atoms with Crippen LogP contribution in [0.3, 0.4) is 0 Å². The van der Waals surface area contributed by atoms with Crippen LogP contribution in [0, 0.1) is 26.7 Å². The number of nitrogens with one attached hydrogen (secondary N) is 1. The molecule has 2 atom stereocenters. The third-order valence-corrected chi connectivity index (χ3v) is 3.75. The quantitative estimate of drug-likeness (QED) is 0.816. The number of benzene rings is 1. The molecule has 0 saturated carbocycles. The lowest BCUT2D eigenvalue weighted by Crippen LogP contribution is -2.33. The molecule has 0 bridgehead atoms. The molecule has 96 valence electrons. The first-order valence-corrected chi connectivity index (χ1v) is 6.75. The summed E-state index contributed by atoms with van der Waals surface area (Å²) in [5.74, 6) is 0.676. The molecule has 1 N–H and O–H groups in total. The Hall–Kier alpha value is -0.820. The topological polar surface area (TPSA) is 12.0 Å². The van der Waals surface area contributed by atoms with E-state index in [-0.39, 0.29) is 0 Å². The normalized spacial score (nSPS) is 14.7. The lowest BCUT2D eigenvalue weighted by Gasteiger charge is -2.22. The van der Waals surface area contributed by atoms with E-state index in [1.165, 1.54) is 28.7 Å². The molecule has 0 amide bonds. The molecule has 0 fully saturated rings. The summed E-state index contributed by atoms with van der Waals surface area (Å²) in [6.07, 6.45) is 1.17. The first-order valence-electron chi connectivity index (χ1n) is 6.75. The maximum atomic E-state index is 3.52. The van der Waals surface area contributed by atoms with Crippen LogP contribution in [0.15, 0.2) is 12.1 Å². The van der Waals surface area contributed by atoms with Gasteiger partial charge in [-0.1, -0.05) is 31.5 Å². The Morgan fingerprint density at radius 3 is 2.06 bits per heavy atom. The number of rotatable bonds is 5. The SMILES string of the molecule is CCNC(C)C(C)Cc1c(C)cc(C)cc1C. The zero-order valence-corrected chi connectivity index (χ0v) is 12.2. The summed E-state index contributed by atoms with van der Waals surface area (Å²) in [6.45, 7) is 14.5. The summed E-state index contributed by atoms with van der Waals surface area (Å²) >= 11 is 0. The van der Waals surface area contributed by atoms with Gasteiger partial charge < -0.3 is 5.32 Å². The fourth-order valence-corrected chi connectivity index (χ4v) is 2.55. The van der Waals surface area contributed by atoms with Crippen LogP contribution < -0.4 is 5.32 Å². The Labute approximate surface area is 107 Å². The van der Waals surface area contributed by atoms with Gasteiger partial charge >= 0.3 is 0 Å². The van der Waals surface area contributed by atoms with Crippen LogP contribution in [0.2, 0.25) is 0 Å². The Balaban J connectivity index is 2.81. The van der Waals surface area contributed by atoms with Crippen LogP contribution >= 0.6 is 0 Å². The van der Waals surface area contributed by atoms with E-state index in [1.807, 2.05) is 0 Å². The fraction of sp³-hybridized carbons (Fsp3) is 0.625. The highest BCUT2D eigenvalue weighted by molar-refractivity contribution is 5.37. The van der Waals surface area contributed by atoms with Gasteiger partial charge in [0.2, 0.25) is 0 Å². The van der Waals surface area contributed by atoms with E-state index in [4.69, 9.17) is 0 Å². The van der Waals surface area contributed by atoms with Crippen molar-refractivity contribution in [3.8, 4) is 0 Å². The zero-order valence-electron chi connectivity index (χ0n) is 12.2. The van der Waals surface area contributed by atoms with Crippen LogP contribution in [0.25, 0.3) is 0 Å². The van der Waals surface area contributed by atoms with Crippen molar-refractivity contribution in [3.05, 3.63) is 34.4 Å². The molecule has 0 aliphatic rings. The average Bonchev–Trinajstić information content (AvgIpc) is 2.23. The monoisotopic (exact) mass is 233 g/mol. The van der Waals surface area contributed by atoms with Crippen LogP contribution in [0.5, 0.6) is 0 Å². The standard InChI is InChI=1S/C16H27N/c1-7-17-15(6)12(3)10-16-13(4)8-11(2)9-14(16)5/h8-9,12,15,17H,7,10H2,1-6H3. The second-order valence-electron chi connectivity index (χ2n) is 5.41. The Bertz CT molecular complexity index is 345.